The fraction of sp³-hybridized carbons (Fsp3) is 0.353. The maximum atomic E-state index is 5.35. The molecule has 0 spiro atoms. The van der Waals surface area contributed by atoms with Gasteiger partial charge >= 0.3 is 0 Å². The van der Waals surface area contributed by atoms with E-state index in [1.54, 1.807) is 17.5 Å². The number of aryl methyl sites for hydroxylation is 1. The fourth-order valence-electron chi connectivity index (χ4n) is 2.42. The lowest BCUT2D eigenvalue weighted by molar-refractivity contribution is 0.147. The number of aromatic nitrogens is 4. The van der Waals surface area contributed by atoms with Crippen molar-refractivity contribution >= 4 is 17.3 Å². The summed E-state index contributed by atoms with van der Waals surface area (Å²) in [6.07, 6.45) is 4.58. The van der Waals surface area contributed by atoms with Crippen LogP contribution in [-0.2, 0) is 11.8 Å². The Morgan fingerprint density at radius 1 is 1.33 bits per heavy atom. The first-order valence-electron chi connectivity index (χ1n) is 7.99. The molecule has 0 aliphatic heterocycles. The van der Waals surface area contributed by atoms with Crippen LogP contribution in [0.5, 0.6) is 0 Å². The van der Waals surface area contributed by atoms with Crippen molar-refractivity contribution in [2.45, 2.75) is 13.3 Å². The highest BCUT2D eigenvalue weighted by atomic mass is 32.1. The monoisotopic (exact) mass is 343 g/mol. The highest BCUT2D eigenvalue weighted by Crippen LogP contribution is 2.31. The molecule has 0 atom stereocenters. The van der Waals surface area contributed by atoms with Gasteiger partial charge in [0.1, 0.15) is 5.69 Å². The maximum absolute atomic E-state index is 5.35. The smallest absolute Gasteiger partial charge is 0.223 e. The van der Waals surface area contributed by atoms with Crippen LogP contribution in [-0.4, -0.2) is 39.5 Å². The van der Waals surface area contributed by atoms with E-state index in [0.29, 0.717) is 5.95 Å². The van der Waals surface area contributed by atoms with E-state index >= 15 is 0 Å². The van der Waals surface area contributed by atoms with Gasteiger partial charge in [-0.2, -0.15) is 16.4 Å². The van der Waals surface area contributed by atoms with Crippen molar-refractivity contribution in [1.29, 1.82) is 0 Å². The minimum Gasteiger partial charge on any atom is -0.382 e. The summed E-state index contributed by atoms with van der Waals surface area (Å²) in [5.41, 5.74) is 3.99. The van der Waals surface area contributed by atoms with E-state index in [0.717, 1.165) is 48.7 Å². The molecule has 3 rings (SSSR count). The predicted molar refractivity (Wildman–Crippen MR) is 97.1 cm³/mol. The SMILES string of the molecule is CCOCCCNc1ncc(-c2ccsc2)c(-c2ccnn2C)n1. The van der Waals surface area contributed by atoms with Crippen LogP contribution in [0.25, 0.3) is 22.5 Å². The zero-order valence-corrected chi connectivity index (χ0v) is 14.7. The molecule has 24 heavy (non-hydrogen) atoms. The van der Waals surface area contributed by atoms with Crippen LogP contribution in [0, 0.1) is 0 Å². The van der Waals surface area contributed by atoms with Crippen LogP contribution >= 0.6 is 11.3 Å². The summed E-state index contributed by atoms with van der Waals surface area (Å²) in [7, 11) is 1.92. The number of nitrogens with zero attached hydrogens (tertiary/aromatic N) is 4. The third-order valence-electron chi connectivity index (χ3n) is 3.64. The summed E-state index contributed by atoms with van der Waals surface area (Å²) in [5, 5.41) is 11.7. The molecule has 0 saturated heterocycles. The van der Waals surface area contributed by atoms with Gasteiger partial charge in [0.05, 0.1) is 5.69 Å². The highest BCUT2D eigenvalue weighted by molar-refractivity contribution is 7.08. The van der Waals surface area contributed by atoms with Crippen LogP contribution in [0.1, 0.15) is 13.3 Å². The Hall–Kier alpha value is -2.25. The molecule has 0 radical (unpaired) electrons. The van der Waals surface area contributed by atoms with Gasteiger partial charge in [0.25, 0.3) is 0 Å². The third kappa shape index (κ3) is 3.80. The molecule has 1 N–H and O–H groups in total. The second-order valence-corrected chi connectivity index (χ2v) is 6.07. The largest absolute Gasteiger partial charge is 0.382 e. The molecule has 0 aliphatic rings. The first kappa shape index (κ1) is 16.6. The van der Waals surface area contributed by atoms with E-state index in [1.165, 1.54) is 0 Å². The van der Waals surface area contributed by atoms with E-state index < -0.39 is 0 Å². The van der Waals surface area contributed by atoms with Gasteiger partial charge in [0, 0.05) is 44.8 Å². The van der Waals surface area contributed by atoms with Crippen molar-refractivity contribution < 1.29 is 4.74 Å². The van der Waals surface area contributed by atoms with Crippen molar-refractivity contribution in [3.05, 3.63) is 35.3 Å². The number of ether oxygens (including phenoxy) is 1. The van der Waals surface area contributed by atoms with Gasteiger partial charge in [-0.1, -0.05) is 0 Å². The first-order valence-corrected chi connectivity index (χ1v) is 8.93. The van der Waals surface area contributed by atoms with E-state index in [-0.39, 0.29) is 0 Å². The topological polar surface area (TPSA) is 64.9 Å². The van der Waals surface area contributed by atoms with Crippen molar-refractivity contribution in [1.82, 2.24) is 19.7 Å². The Kier molecular flexibility index (Phi) is 5.55. The number of nitrogens with one attached hydrogen (secondary N) is 1. The number of rotatable bonds is 8. The molecule has 3 aromatic heterocycles. The lowest BCUT2D eigenvalue weighted by atomic mass is 10.1. The standard InChI is InChI=1S/C17H21N5OS/c1-3-23-9-4-7-18-17-19-11-14(13-6-10-24-12-13)16(21-17)15-5-8-20-22(15)2/h5-6,8,10-12H,3-4,7,9H2,1-2H3,(H,18,19,21). The van der Waals surface area contributed by atoms with Gasteiger partial charge in [0.2, 0.25) is 5.95 Å². The molecule has 0 aliphatic carbocycles. The molecule has 6 nitrogen and oxygen atoms in total. The molecule has 0 fully saturated rings. The molecule has 0 aromatic carbocycles. The summed E-state index contributed by atoms with van der Waals surface area (Å²) >= 11 is 1.66. The minimum atomic E-state index is 0.627. The quantitative estimate of drug-likeness (QED) is 0.635. The van der Waals surface area contributed by atoms with E-state index in [2.05, 4.69) is 32.2 Å². The second-order valence-electron chi connectivity index (χ2n) is 5.29. The van der Waals surface area contributed by atoms with Gasteiger partial charge in [-0.3, -0.25) is 4.68 Å². The summed E-state index contributed by atoms with van der Waals surface area (Å²) in [4.78, 5) is 9.20. The lowest BCUT2D eigenvalue weighted by Crippen LogP contribution is -2.09. The second kappa shape index (κ2) is 8.03. The summed E-state index contributed by atoms with van der Waals surface area (Å²) in [5.74, 6) is 0.627. The minimum absolute atomic E-state index is 0.627. The molecular weight excluding hydrogens is 322 g/mol. The summed E-state index contributed by atoms with van der Waals surface area (Å²) in [6.45, 7) is 4.27. The predicted octanol–water partition coefficient (Wildman–Crippen LogP) is 3.44. The molecule has 3 heterocycles. The zero-order valence-electron chi connectivity index (χ0n) is 13.9. The van der Waals surface area contributed by atoms with Crippen molar-refractivity contribution in [3.63, 3.8) is 0 Å². The fourth-order valence-corrected chi connectivity index (χ4v) is 3.07. The Bertz CT molecular complexity index is 769. The third-order valence-corrected chi connectivity index (χ3v) is 4.32. The number of hydrogen-bond donors (Lipinski definition) is 1. The van der Waals surface area contributed by atoms with Gasteiger partial charge in [-0.15, -0.1) is 0 Å². The highest BCUT2D eigenvalue weighted by Gasteiger charge is 2.14. The summed E-state index contributed by atoms with van der Waals surface area (Å²) in [6, 6.07) is 4.05. The van der Waals surface area contributed by atoms with Gasteiger partial charge in [0.15, 0.2) is 0 Å². The Morgan fingerprint density at radius 2 is 2.25 bits per heavy atom. The van der Waals surface area contributed by atoms with Crippen LogP contribution < -0.4 is 5.32 Å². The van der Waals surface area contributed by atoms with Crippen molar-refractivity contribution in [2.24, 2.45) is 7.05 Å². The first-order chi connectivity index (χ1) is 11.8. The average Bonchev–Trinajstić information content (AvgIpc) is 3.26. The Morgan fingerprint density at radius 3 is 2.96 bits per heavy atom. The Balaban J connectivity index is 1.85. The number of thiophene rings is 1. The zero-order chi connectivity index (χ0) is 16.8. The molecule has 0 saturated carbocycles. The van der Waals surface area contributed by atoms with Gasteiger partial charge in [-0.25, -0.2) is 9.97 Å². The average molecular weight is 343 g/mol. The molecule has 0 unspecified atom stereocenters. The van der Waals surface area contributed by atoms with Crippen LogP contribution in [0.3, 0.4) is 0 Å². The Labute approximate surface area is 145 Å². The van der Waals surface area contributed by atoms with Crippen molar-refractivity contribution in [3.8, 4) is 22.5 Å². The van der Waals surface area contributed by atoms with Crippen LogP contribution in [0.15, 0.2) is 35.3 Å². The van der Waals surface area contributed by atoms with Crippen molar-refractivity contribution in [2.75, 3.05) is 25.1 Å². The number of anilines is 1. The molecule has 0 amide bonds. The van der Waals surface area contributed by atoms with Gasteiger partial charge in [-0.05, 0) is 41.8 Å². The lowest BCUT2D eigenvalue weighted by Gasteiger charge is -2.11. The van der Waals surface area contributed by atoms with E-state index in [1.807, 2.05) is 30.9 Å². The molecule has 7 heteroatoms. The normalized spacial score (nSPS) is 10.9. The van der Waals surface area contributed by atoms with Crippen LogP contribution in [0.4, 0.5) is 5.95 Å². The van der Waals surface area contributed by atoms with E-state index in [9.17, 15) is 0 Å². The molecular formula is C17H21N5OS. The molecule has 126 valence electrons. The number of hydrogen-bond acceptors (Lipinski definition) is 6. The maximum Gasteiger partial charge on any atom is 0.223 e. The van der Waals surface area contributed by atoms with E-state index in [4.69, 9.17) is 9.72 Å². The summed E-state index contributed by atoms with van der Waals surface area (Å²) < 4.78 is 7.18. The molecule has 0 bridgehead atoms. The molecule has 3 aromatic rings. The van der Waals surface area contributed by atoms with Gasteiger partial charge < -0.3 is 10.1 Å². The van der Waals surface area contributed by atoms with Crippen LogP contribution in [0.2, 0.25) is 0 Å².